The number of benzene rings is 2. The number of ether oxygens (including phenoxy) is 1. The van der Waals surface area contributed by atoms with Crippen molar-refractivity contribution in [2.24, 2.45) is 5.73 Å². The number of fused-ring (bicyclic) bond motifs is 1. The van der Waals surface area contributed by atoms with Crippen LogP contribution in [0, 0.1) is 0 Å². The van der Waals surface area contributed by atoms with Crippen molar-refractivity contribution in [2.75, 3.05) is 6.61 Å². The molecule has 7 nitrogen and oxygen atoms in total. The van der Waals surface area contributed by atoms with Crippen LogP contribution in [0.5, 0.6) is 5.75 Å². The Morgan fingerprint density at radius 2 is 1.97 bits per heavy atom. The molecule has 8 heteroatoms. The van der Waals surface area contributed by atoms with Gasteiger partial charge in [0.1, 0.15) is 12.4 Å². The Balaban J connectivity index is 1.73. The number of nitrogens with one attached hydrogen (secondary N) is 1. The summed E-state index contributed by atoms with van der Waals surface area (Å²) in [6, 6.07) is 15.2. The van der Waals surface area contributed by atoms with Crippen LogP contribution in [-0.2, 0) is 4.79 Å². The van der Waals surface area contributed by atoms with Crippen LogP contribution in [0.2, 0.25) is 0 Å². The molecular weight excluding hydrogens is 430 g/mol. The highest BCUT2D eigenvalue weighted by atomic mass is 35.5. The summed E-state index contributed by atoms with van der Waals surface area (Å²) in [7, 11) is 0. The van der Waals surface area contributed by atoms with Gasteiger partial charge in [-0.1, -0.05) is 29.8 Å². The normalized spacial score (nSPS) is 12.9. The Labute approximate surface area is 190 Å². The van der Waals surface area contributed by atoms with E-state index in [-0.39, 0.29) is 28.8 Å². The van der Waals surface area contributed by atoms with Gasteiger partial charge < -0.3 is 20.9 Å². The second-order valence-corrected chi connectivity index (χ2v) is 7.43. The van der Waals surface area contributed by atoms with Gasteiger partial charge in [-0.3, -0.25) is 9.78 Å². The van der Waals surface area contributed by atoms with E-state index in [1.165, 1.54) is 24.4 Å². The Hall–Kier alpha value is -3.84. The molecule has 4 N–H and O–H groups in total. The van der Waals surface area contributed by atoms with E-state index in [1.54, 1.807) is 37.4 Å². The molecule has 0 radical (unpaired) electrons. The number of hydrogen-bond acceptors (Lipinski definition) is 5. The minimum atomic E-state index is -1.01. The van der Waals surface area contributed by atoms with Crippen molar-refractivity contribution in [1.82, 2.24) is 10.3 Å². The molecule has 3 aromatic rings. The van der Waals surface area contributed by atoms with Crippen molar-refractivity contribution < 1.29 is 19.4 Å². The molecular formula is C24H22ClN3O4. The van der Waals surface area contributed by atoms with Gasteiger partial charge in [0, 0.05) is 23.8 Å². The van der Waals surface area contributed by atoms with Crippen LogP contribution in [-0.4, -0.2) is 28.6 Å². The molecule has 0 aliphatic heterocycles. The average Bonchev–Trinajstić information content (AvgIpc) is 2.81. The van der Waals surface area contributed by atoms with E-state index in [9.17, 15) is 9.59 Å². The molecule has 0 saturated heterocycles. The number of aromatic carboxylic acids is 1. The van der Waals surface area contributed by atoms with Crippen molar-refractivity contribution in [3.8, 4) is 5.75 Å². The predicted octanol–water partition coefficient (Wildman–Crippen LogP) is 4.15. The Morgan fingerprint density at radius 3 is 2.66 bits per heavy atom. The van der Waals surface area contributed by atoms with Gasteiger partial charge in [0.15, 0.2) is 0 Å². The summed E-state index contributed by atoms with van der Waals surface area (Å²) in [5, 5.41) is 13.1. The maximum absolute atomic E-state index is 12.9. The average molecular weight is 452 g/mol. The van der Waals surface area contributed by atoms with Crippen molar-refractivity contribution in [1.29, 1.82) is 0 Å². The number of aromatic nitrogens is 1. The summed E-state index contributed by atoms with van der Waals surface area (Å²) in [5.41, 5.74) is 7.43. The smallest absolute Gasteiger partial charge is 0.335 e. The summed E-state index contributed by atoms with van der Waals surface area (Å²) in [5.74, 6) is -0.846. The minimum Gasteiger partial charge on any atom is -0.489 e. The molecule has 0 fully saturated rings. The fraction of sp³-hybridized carbons (Fsp3) is 0.125. The number of carboxylic acid groups (broad SMARTS) is 1. The van der Waals surface area contributed by atoms with E-state index in [2.05, 4.69) is 10.3 Å². The molecule has 164 valence electrons. The fourth-order valence-corrected chi connectivity index (χ4v) is 3.10. The number of carbonyl (C=O) groups excluding carboxylic acids is 1. The standard InChI is InChI=1S/C24H22ClN3O4/c1-15(16-4-6-18(7-5-16)24(30)31)28-23(29)19(11-20(25)13-26)14-32-21-9-8-17-3-2-10-27-22(17)12-21/h2-13,15H,14,26H2,1H3,(H,28,29)(H,30,31)/b19-11+,20-13+. The molecule has 3 rings (SSSR count). The van der Waals surface area contributed by atoms with E-state index < -0.39 is 11.9 Å². The van der Waals surface area contributed by atoms with Crippen LogP contribution in [0.15, 0.2) is 83.7 Å². The fourth-order valence-electron chi connectivity index (χ4n) is 2.97. The number of hydrogen-bond donors (Lipinski definition) is 3. The lowest BCUT2D eigenvalue weighted by molar-refractivity contribution is -0.118. The first-order valence-corrected chi connectivity index (χ1v) is 10.1. The van der Waals surface area contributed by atoms with E-state index in [4.69, 9.17) is 27.2 Å². The van der Waals surface area contributed by atoms with Crippen molar-refractivity contribution in [3.05, 3.63) is 94.8 Å². The zero-order valence-corrected chi connectivity index (χ0v) is 18.0. The molecule has 0 aliphatic rings. The Bertz CT molecular complexity index is 1190. The third-order valence-corrected chi connectivity index (χ3v) is 4.98. The van der Waals surface area contributed by atoms with Gasteiger partial charge >= 0.3 is 5.97 Å². The summed E-state index contributed by atoms with van der Waals surface area (Å²) < 4.78 is 5.81. The second kappa shape index (κ2) is 10.5. The minimum absolute atomic E-state index is 0.0428. The molecule has 1 heterocycles. The zero-order chi connectivity index (χ0) is 23.1. The van der Waals surface area contributed by atoms with E-state index >= 15 is 0 Å². The van der Waals surface area contributed by atoms with Gasteiger partial charge in [0.05, 0.1) is 27.7 Å². The van der Waals surface area contributed by atoms with Crippen LogP contribution in [0.4, 0.5) is 0 Å². The highest BCUT2D eigenvalue weighted by molar-refractivity contribution is 6.31. The third kappa shape index (κ3) is 5.86. The number of allylic oxidation sites excluding steroid dienone is 2. The maximum Gasteiger partial charge on any atom is 0.335 e. The molecule has 0 spiro atoms. The molecule has 0 saturated carbocycles. The number of halogens is 1. The number of pyridine rings is 1. The van der Waals surface area contributed by atoms with Crippen LogP contribution < -0.4 is 15.8 Å². The second-order valence-electron chi connectivity index (χ2n) is 6.99. The highest BCUT2D eigenvalue weighted by Gasteiger charge is 2.16. The number of carbonyl (C=O) groups is 2. The van der Waals surface area contributed by atoms with Gasteiger partial charge in [-0.15, -0.1) is 0 Å². The number of carboxylic acids is 1. The van der Waals surface area contributed by atoms with E-state index in [0.717, 1.165) is 16.5 Å². The Kier molecular flexibility index (Phi) is 7.46. The Morgan fingerprint density at radius 1 is 1.22 bits per heavy atom. The lowest BCUT2D eigenvalue weighted by Crippen LogP contribution is -2.30. The van der Waals surface area contributed by atoms with Gasteiger partial charge in [-0.25, -0.2) is 4.79 Å². The van der Waals surface area contributed by atoms with Crippen molar-refractivity contribution in [3.63, 3.8) is 0 Å². The predicted molar refractivity (Wildman–Crippen MR) is 123 cm³/mol. The SMILES string of the molecule is CC(NC(=O)/C(=C/C(Cl)=C\N)COc1ccc2cccnc2c1)c1ccc(C(=O)O)cc1. The molecule has 1 atom stereocenters. The summed E-state index contributed by atoms with van der Waals surface area (Å²) in [6.45, 7) is 1.75. The molecule has 32 heavy (non-hydrogen) atoms. The first-order chi connectivity index (χ1) is 15.4. The largest absolute Gasteiger partial charge is 0.489 e. The zero-order valence-electron chi connectivity index (χ0n) is 17.3. The molecule has 1 amide bonds. The number of amides is 1. The van der Waals surface area contributed by atoms with Crippen LogP contribution >= 0.6 is 11.6 Å². The monoisotopic (exact) mass is 451 g/mol. The van der Waals surface area contributed by atoms with E-state index in [0.29, 0.717) is 5.75 Å². The number of rotatable bonds is 8. The summed E-state index contributed by atoms with van der Waals surface area (Å²) in [6.07, 6.45) is 4.32. The van der Waals surface area contributed by atoms with Crippen molar-refractivity contribution >= 4 is 34.4 Å². The summed E-state index contributed by atoms with van der Waals surface area (Å²) >= 11 is 6.02. The van der Waals surface area contributed by atoms with Gasteiger partial charge in [-0.05, 0) is 48.9 Å². The van der Waals surface area contributed by atoms with Gasteiger partial charge in [0.25, 0.3) is 5.91 Å². The van der Waals surface area contributed by atoms with Crippen LogP contribution in [0.3, 0.4) is 0 Å². The van der Waals surface area contributed by atoms with Crippen molar-refractivity contribution in [2.45, 2.75) is 13.0 Å². The summed E-state index contributed by atoms with van der Waals surface area (Å²) in [4.78, 5) is 28.2. The molecule has 1 unspecified atom stereocenters. The van der Waals surface area contributed by atoms with E-state index in [1.807, 2.05) is 18.2 Å². The van der Waals surface area contributed by atoms with Crippen LogP contribution in [0.25, 0.3) is 10.9 Å². The number of nitrogens with two attached hydrogens (primary N) is 1. The lowest BCUT2D eigenvalue weighted by Gasteiger charge is -2.17. The molecule has 0 aliphatic carbocycles. The topological polar surface area (TPSA) is 115 Å². The molecule has 0 bridgehead atoms. The quantitative estimate of drug-likeness (QED) is 0.350. The van der Waals surface area contributed by atoms with Gasteiger partial charge in [-0.2, -0.15) is 0 Å². The third-order valence-electron chi connectivity index (χ3n) is 4.74. The first-order valence-electron chi connectivity index (χ1n) is 9.77. The highest BCUT2D eigenvalue weighted by Crippen LogP contribution is 2.20. The maximum atomic E-state index is 12.9. The lowest BCUT2D eigenvalue weighted by atomic mass is 10.1. The van der Waals surface area contributed by atoms with Crippen LogP contribution in [0.1, 0.15) is 28.9 Å². The molecule has 1 aromatic heterocycles. The van der Waals surface area contributed by atoms with Gasteiger partial charge in [0.2, 0.25) is 0 Å². The number of nitrogens with zero attached hydrogens (tertiary/aromatic N) is 1. The molecule has 2 aromatic carbocycles. The first kappa shape index (κ1) is 22.8.